The van der Waals surface area contributed by atoms with Gasteiger partial charge in [0.1, 0.15) is 23.5 Å². The molecule has 29 heavy (non-hydrogen) atoms. The molecular formula is C20H28N8O. The first kappa shape index (κ1) is 19.4. The molecular weight excluding hydrogens is 368 g/mol. The molecule has 1 aliphatic rings. The van der Waals surface area contributed by atoms with E-state index in [9.17, 15) is 4.79 Å². The summed E-state index contributed by atoms with van der Waals surface area (Å²) in [6.45, 7) is 8.44. The average Bonchev–Trinajstić information content (AvgIpc) is 3.42. The lowest BCUT2D eigenvalue weighted by molar-refractivity contribution is 0.0934. The summed E-state index contributed by atoms with van der Waals surface area (Å²) in [5.74, 6) is 0.769. The number of aryl methyl sites for hydroxylation is 3. The second kappa shape index (κ2) is 7.47. The SMILES string of the molecule is CCc1c[nH]c2ncnc(N3CC[C@](N)(CNC(=O)c4cc(C)nn4CC)C3)c12. The summed E-state index contributed by atoms with van der Waals surface area (Å²) in [6.07, 6.45) is 5.26. The van der Waals surface area contributed by atoms with Crippen molar-refractivity contribution in [3.05, 3.63) is 35.5 Å². The number of carbonyl (C=O) groups is 1. The number of nitrogens with two attached hydrogens (primary N) is 1. The number of fused-ring (bicyclic) bond motifs is 1. The lowest BCUT2D eigenvalue weighted by atomic mass is 10.0. The molecule has 0 aromatic carbocycles. The maximum atomic E-state index is 12.6. The Morgan fingerprint density at radius 3 is 2.97 bits per heavy atom. The molecule has 1 aliphatic heterocycles. The normalized spacial score (nSPS) is 19.2. The van der Waals surface area contributed by atoms with Crippen LogP contribution in [0.2, 0.25) is 0 Å². The fraction of sp³-hybridized carbons (Fsp3) is 0.500. The molecule has 0 saturated carbocycles. The van der Waals surface area contributed by atoms with Gasteiger partial charge in [-0.2, -0.15) is 5.10 Å². The molecule has 0 aliphatic carbocycles. The van der Waals surface area contributed by atoms with Gasteiger partial charge in [-0.25, -0.2) is 9.97 Å². The Balaban J connectivity index is 1.48. The first-order chi connectivity index (χ1) is 13.9. The van der Waals surface area contributed by atoms with Crippen molar-refractivity contribution in [2.45, 2.75) is 45.7 Å². The number of rotatable bonds is 6. The van der Waals surface area contributed by atoms with E-state index in [0.29, 0.717) is 25.3 Å². The van der Waals surface area contributed by atoms with Crippen molar-refractivity contribution in [1.29, 1.82) is 0 Å². The molecule has 1 saturated heterocycles. The van der Waals surface area contributed by atoms with Gasteiger partial charge >= 0.3 is 0 Å². The van der Waals surface area contributed by atoms with Crippen molar-refractivity contribution in [3.8, 4) is 0 Å². The Kier molecular flexibility index (Phi) is 4.99. The predicted molar refractivity (Wildman–Crippen MR) is 112 cm³/mol. The minimum Gasteiger partial charge on any atom is -0.354 e. The van der Waals surface area contributed by atoms with E-state index in [1.165, 1.54) is 5.56 Å². The monoisotopic (exact) mass is 396 g/mol. The highest BCUT2D eigenvalue weighted by Crippen LogP contribution is 2.31. The van der Waals surface area contributed by atoms with Crippen molar-refractivity contribution in [3.63, 3.8) is 0 Å². The maximum absolute atomic E-state index is 12.6. The molecule has 1 amide bonds. The number of carbonyl (C=O) groups excluding carboxylic acids is 1. The summed E-state index contributed by atoms with van der Waals surface area (Å²) in [4.78, 5) is 26.9. The van der Waals surface area contributed by atoms with E-state index in [2.05, 4.69) is 37.2 Å². The highest BCUT2D eigenvalue weighted by atomic mass is 16.2. The van der Waals surface area contributed by atoms with E-state index in [1.54, 1.807) is 17.1 Å². The van der Waals surface area contributed by atoms with E-state index >= 15 is 0 Å². The molecule has 1 atom stereocenters. The molecule has 0 spiro atoms. The predicted octanol–water partition coefficient (Wildman–Crippen LogP) is 1.38. The van der Waals surface area contributed by atoms with Gasteiger partial charge in [0.25, 0.3) is 5.91 Å². The van der Waals surface area contributed by atoms with Gasteiger partial charge < -0.3 is 20.9 Å². The molecule has 4 rings (SSSR count). The second-order valence-electron chi connectivity index (χ2n) is 7.79. The topological polar surface area (TPSA) is 118 Å². The quantitative estimate of drug-likeness (QED) is 0.579. The van der Waals surface area contributed by atoms with Crippen LogP contribution in [0.25, 0.3) is 11.0 Å². The Bertz CT molecular complexity index is 1040. The van der Waals surface area contributed by atoms with E-state index in [4.69, 9.17) is 5.73 Å². The van der Waals surface area contributed by atoms with Crippen molar-refractivity contribution in [1.82, 2.24) is 30.0 Å². The molecule has 154 valence electrons. The summed E-state index contributed by atoms with van der Waals surface area (Å²) < 4.78 is 1.71. The summed E-state index contributed by atoms with van der Waals surface area (Å²) in [7, 11) is 0. The third-order valence-electron chi connectivity index (χ3n) is 5.63. The van der Waals surface area contributed by atoms with Gasteiger partial charge in [-0.05, 0) is 38.3 Å². The standard InChI is InChI=1S/C20H28N8O/c1-4-14-9-22-17-16(14)18(25-12-24-17)27-7-6-20(21,11-27)10-23-19(29)15-8-13(3)26-28(15)5-2/h8-9,12H,4-7,10-11,21H2,1-3H3,(H,23,29)(H,22,24,25)/t20-/m0/s1. The van der Waals surface area contributed by atoms with E-state index < -0.39 is 5.54 Å². The molecule has 0 unspecified atom stereocenters. The highest BCUT2D eigenvalue weighted by Gasteiger charge is 2.36. The first-order valence-electron chi connectivity index (χ1n) is 10.1. The number of nitrogens with one attached hydrogen (secondary N) is 2. The minimum atomic E-state index is -0.512. The van der Waals surface area contributed by atoms with Gasteiger partial charge in [0.05, 0.1) is 16.6 Å². The van der Waals surface area contributed by atoms with Crippen LogP contribution in [0.15, 0.2) is 18.6 Å². The van der Waals surface area contributed by atoms with Gasteiger partial charge in [0.15, 0.2) is 0 Å². The Hall–Kier alpha value is -2.94. The van der Waals surface area contributed by atoms with Crippen LogP contribution < -0.4 is 16.0 Å². The second-order valence-corrected chi connectivity index (χ2v) is 7.79. The summed E-state index contributed by atoms with van der Waals surface area (Å²) in [5, 5.41) is 8.40. The van der Waals surface area contributed by atoms with Crippen LogP contribution in [0.1, 0.15) is 42.0 Å². The van der Waals surface area contributed by atoms with Crippen molar-refractivity contribution in [2.24, 2.45) is 5.73 Å². The number of H-pyrrole nitrogens is 1. The minimum absolute atomic E-state index is 0.140. The maximum Gasteiger partial charge on any atom is 0.269 e. The highest BCUT2D eigenvalue weighted by molar-refractivity contribution is 5.93. The van der Waals surface area contributed by atoms with Gasteiger partial charge in [0, 0.05) is 32.4 Å². The van der Waals surface area contributed by atoms with E-state index in [0.717, 1.165) is 41.9 Å². The zero-order valence-electron chi connectivity index (χ0n) is 17.2. The van der Waals surface area contributed by atoms with Crippen molar-refractivity contribution >= 4 is 22.8 Å². The van der Waals surface area contributed by atoms with Gasteiger partial charge in [-0.15, -0.1) is 0 Å². The molecule has 9 heteroatoms. The summed E-state index contributed by atoms with van der Waals surface area (Å²) in [5.41, 5.74) is 9.58. The Morgan fingerprint density at radius 2 is 2.21 bits per heavy atom. The molecule has 3 aromatic rings. The van der Waals surface area contributed by atoms with Crippen LogP contribution in [-0.4, -0.2) is 55.8 Å². The van der Waals surface area contributed by atoms with Gasteiger partial charge in [0.2, 0.25) is 0 Å². The molecule has 4 N–H and O–H groups in total. The number of aromatic amines is 1. The molecule has 0 radical (unpaired) electrons. The van der Waals surface area contributed by atoms with Crippen LogP contribution in [0.4, 0.5) is 5.82 Å². The Morgan fingerprint density at radius 1 is 1.38 bits per heavy atom. The largest absolute Gasteiger partial charge is 0.354 e. The third kappa shape index (κ3) is 3.57. The number of anilines is 1. The Labute approximate surface area is 169 Å². The number of hydrogen-bond acceptors (Lipinski definition) is 6. The zero-order valence-corrected chi connectivity index (χ0v) is 17.2. The molecule has 4 heterocycles. The fourth-order valence-electron chi connectivity index (χ4n) is 4.06. The summed E-state index contributed by atoms with van der Waals surface area (Å²) in [6, 6.07) is 1.80. The van der Waals surface area contributed by atoms with Crippen molar-refractivity contribution in [2.75, 3.05) is 24.5 Å². The summed E-state index contributed by atoms with van der Waals surface area (Å²) >= 11 is 0. The fourth-order valence-corrected chi connectivity index (χ4v) is 4.06. The lowest BCUT2D eigenvalue weighted by Gasteiger charge is -2.25. The smallest absolute Gasteiger partial charge is 0.269 e. The number of amides is 1. The third-order valence-corrected chi connectivity index (χ3v) is 5.63. The lowest BCUT2D eigenvalue weighted by Crippen LogP contribution is -2.52. The van der Waals surface area contributed by atoms with Crippen LogP contribution in [0.5, 0.6) is 0 Å². The van der Waals surface area contributed by atoms with Gasteiger partial charge in [-0.1, -0.05) is 6.92 Å². The molecule has 9 nitrogen and oxygen atoms in total. The first-order valence-corrected chi connectivity index (χ1v) is 10.1. The molecule has 1 fully saturated rings. The van der Waals surface area contributed by atoms with Gasteiger partial charge in [-0.3, -0.25) is 9.48 Å². The van der Waals surface area contributed by atoms with Crippen LogP contribution in [0.3, 0.4) is 0 Å². The van der Waals surface area contributed by atoms with E-state index in [-0.39, 0.29) is 5.91 Å². The van der Waals surface area contributed by atoms with Crippen LogP contribution in [0, 0.1) is 6.92 Å². The number of aromatic nitrogens is 5. The molecule has 3 aromatic heterocycles. The van der Waals surface area contributed by atoms with Crippen LogP contribution in [-0.2, 0) is 13.0 Å². The number of hydrogen-bond donors (Lipinski definition) is 3. The average molecular weight is 396 g/mol. The zero-order chi connectivity index (χ0) is 20.6. The van der Waals surface area contributed by atoms with E-state index in [1.807, 2.05) is 20.0 Å². The molecule has 0 bridgehead atoms. The van der Waals surface area contributed by atoms with Crippen molar-refractivity contribution < 1.29 is 4.79 Å². The number of nitrogens with zero attached hydrogens (tertiary/aromatic N) is 5. The van der Waals surface area contributed by atoms with Crippen LogP contribution >= 0.6 is 0 Å².